The van der Waals surface area contributed by atoms with Crippen molar-refractivity contribution in [2.75, 3.05) is 17.7 Å². The largest absolute Gasteiger partial charge is 0.474 e. The average molecular weight is 244 g/mol. The molecule has 1 aromatic rings. The molecule has 1 N–H and O–H groups in total. The molecule has 1 aromatic heterocycles. The van der Waals surface area contributed by atoms with E-state index >= 15 is 0 Å². The Labute approximate surface area is 101 Å². The van der Waals surface area contributed by atoms with Crippen LogP contribution < -0.4 is 10.1 Å². The summed E-state index contributed by atoms with van der Waals surface area (Å²) in [6.45, 7) is 6.76. The Hall–Kier alpha value is -1.03. The number of alkyl halides is 1. The number of rotatable bonds is 6. The van der Waals surface area contributed by atoms with Gasteiger partial charge in [0, 0.05) is 12.4 Å². The lowest BCUT2D eigenvalue weighted by atomic mass is 10.2. The van der Waals surface area contributed by atoms with Crippen LogP contribution in [0.5, 0.6) is 5.88 Å². The summed E-state index contributed by atoms with van der Waals surface area (Å²) in [5.74, 6) is 2.29. The molecule has 4 nitrogen and oxygen atoms in total. The van der Waals surface area contributed by atoms with Gasteiger partial charge in [-0.2, -0.15) is 4.98 Å². The van der Waals surface area contributed by atoms with E-state index in [9.17, 15) is 0 Å². The second kappa shape index (κ2) is 6.53. The van der Waals surface area contributed by atoms with Crippen molar-refractivity contribution in [1.82, 2.24) is 9.97 Å². The molecule has 16 heavy (non-hydrogen) atoms. The fraction of sp³-hybridized carbons (Fsp3) is 0.636. The second-order valence-electron chi connectivity index (χ2n) is 4.05. The maximum atomic E-state index is 5.72. The molecule has 0 aliphatic carbocycles. The highest BCUT2D eigenvalue weighted by Gasteiger charge is 2.03. The van der Waals surface area contributed by atoms with Gasteiger partial charge < -0.3 is 10.1 Å². The molecule has 0 saturated heterocycles. The zero-order chi connectivity index (χ0) is 12.0. The number of anilines is 1. The maximum Gasteiger partial charge on any atom is 0.234 e. The highest BCUT2D eigenvalue weighted by molar-refractivity contribution is 6.18. The first-order valence-electron chi connectivity index (χ1n) is 5.40. The lowest BCUT2D eigenvalue weighted by Gasteiger charge is -2.12. The van der Waals surface area contributed by atoms with Crippen molar-refractivity contribution in [1.29, 1.82) is 0 Å². The quantitative estimate of drug-likeness (QED) is 0.780. The molecule has 0 saturated carbocycles. The highest BCUT2D eigenvalue weighted by atomic mass is 35.5. The third-order valence-corrected chi connectivity index (χ3v) is 2.39. The van der Waals surface area contributed by atoms with Gasteiger partial charge in [-0.05, 0) is 19.8 Å². The lowest BCUT2D eigenvalue weighted by molar-refractivity contribution is 0.232. The monoisotopic (exact) mass is 243 g/mol. The van der Waals surface area contributed by atoms with Crippen LogP contribution in [0.2, 0.25) is 0 Å². The first kappa shape index (κ1) is 13.0. The summed E-state index contributed by atoms with van der Waals surface area (Å²) in [4.78, 5) is 8.34. The summed E-state index contributed by atoms with van der Waals surface area (Å²) in [5, 5.41) is 3.17. The van der Waals surface area contributed by atoms with Crippen molar-refractivity contribution in [2.45, 2.75) is 26.9 Å². The Morgan fingerprint density at radius 2 is 2.12 bits per heavy atom. The van der Waals surface area contributed by atoms with E-state index in [1.807, 2.05) is 13.8 Å². The van der Waals surface area contributed by atoms with Crippen molar-refractivity contribution < 1.29 is 4.74 Å². The summed E-state index contributed by atoms with van der Waals surface area (Å²) in [5.41, 5.74) is 0. The fourth-order valence-corrected chi connectivity index (χ4v) is 1.17. The molecular formula is C11H18ClN3O. The Morgan fingerprint density at radius 3 is 2.75 bits per heavy atom. The molecule has 0 bridgehead atoms. The molecule has 0 aliphatic rings. The van der Waals surface area contributed by atoms with E-state index in [0.717, 1.165) is 12.4 Å². The zero-order valence-electron chi connectivity index (χ0n) is 9.90. The SMILES string of the molecule is CC(CCl)CNc1cncc(OC(C)C)n1. The third kappa shape index (κ3) is 4.66. The van der Waals surface area contributed by atoms with Crippen LogP contribution in [0.3, 0.4) is 0 Å². The third-order valence-electron chi connectivity index (χ3n) is 1.86. The van der Waals surface area contributed by atoms with Crippen LogP contribution in [0.25, 0.3) is 0 Å². The summed E-state index contributed by atoms with van der Waals surface area (Å²) >= 11 is 5.72. The van der Waals surface area contributed by atoms with Crippen LogP contribution in [0.1, 0.15) is 20.8 Å². The molecule has 0 radical (unpaired) electrons. The second-order valence-corrected chi connectivity index (χ2v) is 4.36. The van der Waals surface area contributed by atoms with Crippen LogP contribution in [0.4, 0.5) is 5.82 Å². The molecular weight excluding hydrogens is 226 g/mol. The van der Waals surface area contributed by atoms with E-state index in [4.69, 9.17) is 16.3 Å². The first-order chi connectivity index (χ1) is 7.61. The number of hydrogen-bond donors (Lipinski definition) is 1. The van der Waals surface area contributed by atoms with Gasteiger partial charge >= 0.3 is 0 Å². The van der Waals surface area contributed by atoms with Crippen molar-refractivity contribution in [3.8, 4) is 5.88 Å². The molecule has 0 spiro atoms. The van der Waals surface area contributed by atoms with Gasteiger partial charge in [-0.15, -0.1) is 11.6 Å². The van der Waals surface area contributed by atoms with Crippen molar-refractivity contribution in [3.63, 3.8) is 0 Å². The predicted molar refractivity (Wildman–Crippen MR) is 66.2 cm³/mol. The number of nitrogens with one attached hydrogen (secondary N) is 1. The van der Waals surface area contributed by atoms with Crippen molar-refractivity contribution in [2.24, 2.45) is 5.92 Å². The van der Waals surface area contributed by atoms with Gasteiger partial charge in [-0.25, -0.2) is 0 Å². The highest BCUT2D eigenvalue weighted by Crippen LogP contribution is 2.11. The van der Waals surface area contributed by atoms with Crippen LogP contribution in [0, 0.1) is 5.92 Å². The summed E-state index contributed by atoms with van der Waals surface area (Å²) in [6.07, 6.45) is 3.39. The maximum absolute atomic E-state index is 5.72. The van der Waals surface area contributed by atoms with E-state index in [1.165, 1.54) is 0 Å². The van der Waals surface area contributed by atoms with Gasteiger partial charge in [0.1, 0.15) is 5.82 Å². The van der Waals surface area contributed by atoms with E-state index in [1.54, 1.807) is 12.4 Å². The molecule has 0 aliphatic heterocycles. The fourth-order valence-electron chi connectivity index (χ4n) is 1.06. The molecule has 1 heterocycles. The molecule has 90 valence electrons. The molecule has 1 unspecified atom stereocenters. The van der Waals surface area contributed by atoms with Crippen molar-refractivity contribution in [3.05, 3.63) is 12.4 Å². The standard InChI is InChI=1S/C11H18ClN3O/c1-8(2)16-11-7-13-6-10(15-11)14-5-9(3)4-12/h6-9H,4-5H2,1-3H3,(H,14,15). The minimum absolute atomic E-state index is 0.103. The van der Waals surface area contributed by atoms with Gasteiger partial charge in [0.05, 0.1) is 18.5 Å². The smallest absolute Gasteiger partial charge is 0.234 e. The van der Waals surface area contributed by atoms with E-state index in [0.29, 0.717) is 17.7 Å². The Kier molecular flexibility index (Phi) is 5.32. The number of halogens is 1. The van der Waals surface area contributed by atoms with Gasteiger partial charge in [0.25, 0.3) is 0 Å². The predicted octanol–water partition coefficient (Wildman–Crippen LogP) is 2.55. The number of ether oxygens (including phenoxy) is 1. The van der Waals surface area contributed by atoms with Gasteiger partial charge in [0.15, 0.2) is 0 Å². The van der Waals surface area contributed by atoms with Crippen LogP contribution in [-0.4, -0.2) is 28.5 Å². The normalized spacial score (nSPS) is 12.6. The molecule has 5 heteroatoms. The average Bonchev–Trinajstić information content (AvgIpc) is 2.25. The molecule has 0 aromatic carbocycles. The number of hydrogen-bond acceptors (Lipinski definition) is 4. The van der Waals surface area contributed by atoms with Gasteiger partial charge in [-0.1, -0.05) is 6.92 Å². The Morgan fingerprint density at radius 1 is 1.38 bits per heavy atom. The van der Waals surface area contributed by atoms with Gasteiger partial charge in [0.2, 0.25) is 5.88 Å². The zero-order valence-corrected chi connectivity index (χ0v) is 10.7. The topological polar surface area (TPSA) is 47.0 Å². The van der Waals surface area contributed by atoms with E-state index in [-0.39, 0.29) is 6.10 Å². The first-order valence-corrected chi connectivity index (χ1v) is 5.93. The minimum Gasteiger partial charge on any atom is -0.474 e. The van der Waals surface area contributed by atoms with Crippen molar-refractivity contribution >= 4 is 17.4 Å². The lowest BCUT2D eigenvalue weighted by Crippen LogP contribution is -2.14. The Bertz CT molecular complexity index is 320. The minimum atomic E-state index is 0.103. The van der Waals surface area contributed by atoms with E-state index in [2.05, 4.69) is 22.2 Å². The summed E-state index contributed by atoms with van der Waals surface area (Å²) < 4.78 is 5.45. The summed E-state index contributed by atoms with van der Waals surface area (Å²) in [6, 6.07) is 0. The number of aromatic nitrogens is 2. The Balaban J connectivity index is 2.53. The van der Waals surface area contributed by atoms with Crippen LogP contribution in [0.15, 0.2) is 12.4 Å². The van der Waals surface area contributed by atoms with Gasteiger partial charge in [-0.3, -0.25) is 4.98 Å². The summed E-state index contributed by atoms with van der Waals surface area (Å²) in [7, 11) is 0. The van der Waals surface area contributed by atoms with E-state index < -0.39 is 0 Å². The van der Waals surface area contributed by atoms with Crippen LogP contribution >= 0.6 is 11.6 Å². The molecule has 1 atom stereocenters. The molecule has 0 fully saturated rings. The molecule has 1 rings (SSSR count). The number of nitrogens with zero attached hydrogens (tertiary/aromatic N) is 2. The van der Waals surface area contributed by atoms with Crippen LogP contribution in [-0.2, 0) is 0 Å². The molecule has 0 amide bonds.